The average Bonchev–Trinajstić information content (AvgIpc) is 3.22. The summed E-state index contributed by atoms with van der Waals surface area (Å²) in [4.78, 5) is 78.3. The molecular formula is C46H42Cl4N8O6. The lowest BCUT2D eigenvalue weighted by Gasteiger charge is -2.16. The van der Waals surface area contributed by atoms with Crippen molar-refractivity contribution < 1.29 is 28.8 Å². The molecule has 4 amide bonds. The molecule has 4 N–H and O–H groups in total. The van der Waals surface area contributed by atoms with Gasteiger partial charge in [-0.25, -0.2) is 0 Å². The number of hydrogen-bond donors (Lipinski definition) is 4. The van der Waals surface area contributed by atoms with Gasteiger partial charge in [-0.15, -0.1) is 23.2 Å². The maximum atomic E-state index is 13.4. The van der Waals surface area contributed by atoms with Crippen molar-refractivity contribution in [2.45, 2.75) is 64.4 Å². The lowest BCUT2D eigenvalue weighted by molar-refractivity contribution is -0.127. The van der Waals surface area contributed by atoms with Crippen LogP contribution in [0.2, 0.25) is 10.0 Å². The van der Waals surface area contributed by atoms with Gasteiger partial charge in [0.1, 0.15) is 0 Å². The van der Waals surface area contributed by atoms with Crippen LogP contribution in [-0.2, 0) is 19.2 Å². The van der Waals surface area contributed by atoms with Gasteiger partial charge in [0.05, 0.1) is 22.1 Å². The molecular weight excluding hydrogens is 902 g/mol. The van der Waals surface area contributed by atoms with Gasteiger partial charge in [-0.1, -0.05) is 47.5 Å². The second-order valence-corrected chi connectivity index (χ2v) is 16.9. The van der Waals surface area contributed by atoms with Crippen molar-refractivity contribution in [1.29, 1.82) is 0 Å². The number of aryl methyl sites for hydroxylation is 2. The van der Waals surface area contributed by atoms with Crippen molar-refractivity contribution >= 4 is 116 Å². The number of benzene rings is 5. The second-order valence-electron chi connectivity index (χ2n) is 14.7. The molecule has 5 rings (SSSR count). The summed E-state index contributed by atoms with van der Waals surface area (Å²) in [5.41, 5.74) is 4.81. The molecule has 0 aliphatic carbocycles. The molecule has 0 heterocycles. The van der Waals surface area contributed by atoms with Crippen LogP contribution in [0.1, 0.15) is 81.4 Å². The van der Waals surface area contributed by atoms with Crippen molar-refractivity contribution in [1.82, 2.24) is 0 Å². The first-order valence-electron chi connectivity index (χ1n) is 19.6. The van der Waals surface area contributed by atoms with Crippen molar-refractivity contribution in [3.05, 3.63) is 140 Å². The minimum absolute atomic E-state index is 0.121. The molecule has 0 spiro atoms. The summed E-state index contributed by atoms with van der Waals surface area (Å²) in [6.07, 6.45) is 0. The van der Waals surface area contributed by atoms with Gasteiger partial charge in [-0.05, 0) is 137 Å². The van der Waals surface area contributed by atoms with E-state index >= 15 is 0 Å². The molecule has 4 unspecified atom stereocenters. The Kier molecular flexibility index (Phi) is 16.6. The Labute approximate surface area is 389 Å². The smallest absolute Gasteiger partial charge is 0.258 e. The number of amides is 4. The number of halogens is 4. The van der Waals surface area contributed by atoms with Crippen molar-refractivity contribution in [2.24, 2.45) is 20.5 Å². The Balaban J connectivity index is 1.26. The molecule has 5 aromatic rings. The SMILES string of the molecule is CC(=O)C(N=Nc1cc(Cl)cc(C(=O)Nc2cccc(C(C)Cl)c2)c1)C(=O)Nc1cc(C)c(NC(=O)C(N=Nc2cc(Cl)cc(C(=O)Nc3cccc(C(C)Cl)c3)c2)C(C)=O)cc1C. The fourth-order valence-electron chi connectivity index (χ4n) is 6.03. The molecule has 330 valence electrons. The van der Waals surface area contributed by atoms with E-state index in [0.29, 0.717) is 33.9 Å². The largest absolute Gasteiger partial charge is 0.324 e. The molecule has 0 bridgehead atoms. The molecule has 0 aromatic heterocycles. The molecule has 0 saturated carbocycles. The monoisotopic (exact) mass is 942 g/mol. The number of carbonyl (C=O) groups is 6. The number of anilines is 4. The van der Waals surface area contributed by atoms with E-state index in [9.17, 15) is 28.8 Å². The number of ketones is 2. The second kappa shape index (κ2) is 21.8. The summed E-state index contributed by atoms with van der Waals surface area (Å²) >= 11 is 25.0. The maximum Gasteiger partial charge on any atom is 0.258 e. The highest BCUT2D eigenvalue weighted by Gasteiger charge is 2.26. The Morgan fingerprint density at radius 2 is 0.891 bits per heavy atom. The highest BCUT2D eigenvalue weighted by atomic mass is 35.5. The summed E-state index contributed by atoms with van der Waals surface area (Å²) < 4.78 is 0. The number of nitrogens with zero attached hydrogens (tertiary/aromatic N) is 4. The molecule has 5 aromatic carbocycles. The zero-order valence-corrected chi connectivity index (χ0v) is 38.3. The lowest BCUT2D eigenvalue weighted by Crippen LogP contribution is -2.32. The molecule has 64 heavy (non-hydrogen) atoms. The summed E-state index contributed by atoms with van der Waals surface area (Å²) in [7, 11) is 0. The Morgan fingerprint density at radius 1 is 0.516 bits per heavy atom. The van der Waals surface area contributed by atoms with Crippen molar-refractivity contribution in [3.63, 3.8) is 0 Å². The zero-order chi connectivity index (χ0) is 46.8. The van der Waals surface area contributed by atoms with E-state index in [4.69, 9.17) is 46.4 Å². The molecule has 0 radical (unpaired) electrons. The van der Waals surface area contributed by atoms with E-state index in [-0.39, 0.29) is 43.3 Å². The summed E-state index contributed by atoms with van der Waals surface area (Å²) in [6.45, 7) is 9.30. The van der Waals surface area contributed by atoms with Gasteiger partial charge < -0.3 is 21.3 Å². The number of carbonyl (C=O) groups excluding carboxylic acids is 6. The van der Waals surface area contributed by atoms with Crippen LogP contribution in [0.15, 0.2) is 118 Å². The highest BCUT2D eigenvalue weighted by Crippen LogP contribution is 2.29. The molecule has 0 aliphatic heterocycles. The summed E-state index contributed by atoms with van der Waals surface area (Å²) in [5.74, 6) is -3.78. The predicted molar refractivity (Wildman–Crippen MR) is 251 cm³/mol. The van der Waals surface area contributed by atoms with Crippen LogP contribution in [0.4, 0.5) is 34.1 Å². The van der Waals surface area contributed by atoms with Crippen LogP contribution in [0.5, 0.6) is 0 Å². The molecule has 4 atom stereocenters. The van der Waals surface area contributed by atoms with Crippen molar-refractivity contribution in [2.75, 3.05) is 21.3 Å². The molecule has 18 heteroatoms. The first kappa shape index (κ1) is 48.7. The van der Waals surface area contributed by atoms with E-state index in [1.54, 1.807) is 62.4 Å². The number of hydrogen-bond acceptors (Lipinski definition) is 10. The quantitative estimate of drug-likeness (QED) is 0.0431. The van der Waals surface area contributed by atoms with Crippen LogP contribution < -0.4 is 21.3 Å². The van der Waals surface area contributed by atoms with Gasteiger partial charge in [0.25, 0.3) is 23.6 Å². The van der Waals surface area contributed by atoms with Crippen LogP contribution in [0.3, 0.4) is 0 Å². The van der Waals surface area contributed by atoms with Crippen LogP contribution in [0.25, 0.3) is 0 Å². The van der Waals surface area contributed by atoms with Crippen LogP contribution in [0, 0.1) is 13.8 Å². The van der Waals surface area contributed by atoms with Gasteiger partial charge in [0.15, 0.2) is 11.6 Å². The third kappa shape index (κ3) is 13.3. The average molecular weight is 945 g/mol. The first-order chi connectivity index (χ1) is 30.3. The Bertz CT molecular complexity index is 2520. The number of azo groups is 2. The van der Waals surface area contributed by atoms with Crippen LogP contribution in [-0.4, -0.2) is 47.3 Å². The zero-order valence-electron chi connectivity index (χ0n) is 35.3. The fraction of sp³-hybridized carbons (Fsp3) is 0.217. The Hall–Kier alpha value is -6.32. The molecule has 14 nitrogen and oxygen atoms in total. The van der Waals surface area contributed by atoms with Gasteiger partial charge in [-0.3, -0.25) is 28.8 Å². The van der Waals surface area contributed by atoms with E-state index < -0.39 is 47.3 Å². The standard InChI is InChI=1S/C46H42Cl4N8O6/c1-23-13-40(54-46(64)42(28(6)60)58-56-38-20-32(16-34(50)22-38)44(62)52-36-12-8-10-30(18-36)26(4)48)24(2)14-39(23)53-45(63)41(27(5)59)57-55-37-19-31(15-33(49)21-37)43(61)51-35-11-7-9-29(17-35)25(3)47/h7-22,25-26,41-42H,1-6H3,(H,51,61)(H,52,62)(H,53,63)(H,54,64). The summed E-state index contributed by atoms with van der Waals surface area (Å²) in [5, 5.41) is 26.9. The fourth-order valence-corrected chi connectivity index (χ4v) is 6.76. The third-order valence-electron chi connectivity index (χ3n) is 9.43. The van der Waals surface area contributed by atoms with Crippen LogP contribution >= 0.6 is 46.4 Å². The van der Waals surface area contributed by atoms with E-state index in [0.717, 1.165) is 11.1 Å². The van der Waals surface area contributed by atoms with E-state index in [1.165, 1.54) is 50.2 Å². The number of nitrogens with one attached hydrogen (secondary N) is 4. The molecule has 0 saturated heterocycles. The number of Topliss-reactive ketones (excluding diaryl/α,β-unsaturated/α-hetero) is 2. The lowest BCUT2D eigenvalue weighted by atomic mass is 10.1. The third-order valence-corrected chi connectivity index (χ3v) is 10.4. The van der Waals surface area contributed by atoms with Gasteiger partial charge in [0, 0.05) is 43.9 Å². The first-order valence-corrected chi connectivity index (χ1v) is 21.2. The maximum absolute atomic E-state index is 13.4. The predicted octanol–water partition coefficient (Wildman–Crippen LogP) is 12.1. The minimum atomic E-state index is -1.57. The van der Waals surface area contributed by atoms with Gasteiger partial charge in [-0.2, -0.15) is 20.5 Å². The topological polar surface area (TPSA) is 200 Å². The minimum Gasteiger partial charge on any atom is -0.324 e. The van der Waals surface area contributed by atoms with E-state index in [1.807, 2.05) is 26.0 Å². The van der Waals surface area contributed by atoms with Gasteiger partial charge >= 0.3 is 0 Å². The van der Waals surface area contributed by atoms with Gasteiger partial charge in [0.2, 0.25) is 12.1 Å². The normalized spacial score (nSPS) is 13.2. The summed E-state index contributed by atoms with van der Waals surface area (Å²) in [6, 6.07) is 22.7. The number of rotatable bonds is 16. The highest BCUT2D eigenvalue weighted by molar-refractivity contribution is 6.32. The number of alkyl halides is 2. The Morgan fingerprint density at radius 3 is 1.23 bits per heavy atom. The van der Waals surface area contributed by atoms with E-state index in [2.05, 4.69) is 41.7 Å². The van der Waals surface area contributed by atoms with Crippen molar-refractivity contribution in [3.8, 4) is 0 Å². The molecule has 0 aliphatic rings. The molecule has 0 fully saturated rings.